The molecule has 0 spiro atoms. The zero-order valence-corrected chi connectivity index (χ0v) is 13.9. The quantitative estimate of drug-likeness (QED) is 0.715. The third-order valence-electron chi connectivity index (χ3n) is 5.10. The molecule has 3 aromatic heterocycles. The van der Waals surface area contributed by atoms with Gasteiger partial charge in [-0.05, 0) is 43.9 Å². The van der Waals surface area contributed by atoms with Gasteiger partial charge >= 0.3 is 0 Å². The maximum Gasteiger partial charge on any atom is 0.177 e. The molecule has 0 bridgehead atoms. The average molecular weight is 336 g/mol. The number of nitrogens with zero attached hydrogens (tertiary/aromatic N) is 8. The Morgan fingerprint density at radius 1 is 1.00 bits per heavy atom. The van der Waals surface area contributed by atoms with Gasteiger partial charge in [0.05, 0.1) is 0 Å². The molecule has 3 aromatic rings. The van der Waals surface area contributed by atoms with Crippen LogP contribution in [0.15, 0.2) is 37.1 Å². The number of fused-ring (bicyclic) bond motifs is 1. The van der Waals surface area contributed by atoms with Gasteiger partial charge in [-0.2, -0.15) is 4.52 Å². The van der Waals surface area contributed by atoms with Crippen LogP contribution in [0.4, 0.5) is 11.6 Å². The van der Waals surface area contributed by atoms with Crippen molar-refractivity contribution in [3.05, 3.63) is 37.1 Å². The molecule has 8 nitrogen and oxygen atoms in total. The zero-order chi connectivity index (χ0) is 16.6. The van der Waals surface area contributed by atoms with E-state index in [1.165, 1.54) is 12.8 Å². The molecule has 0 unspecified atom stereocenters. The largest absolute Gasteiger partial charge is 0.355 e. The number of anilines is 2. The summed E-state index contributed by atoms with van der Waals surface area (Å²) in [5.41, 5.74) is 0.780. The van der Waals surface area contributed by atoms with Crippen molar-refractivity contribution in [2.24, 2.45) is 0 Å². The third kappa shape index (κ3) is 2.77. The van der Waals surface area contributed by atoms with Crippen LogP contribution in [0.5, 0.6) is 0 Å². The first-order valence-corrected chi connectivity index (χ1v) is 8.85. The molecule has 1 saturated carbocycles. The molecule has 5 rings (SSSR count). The van der Waals surface area contributed by atoms with E-state index in [-0.39, 0.29) is 0 Å². The third-order valence-corrected chi connectivity index (χ3v) is 5.10. The van der Waals surface area contributed by atoms with Crippen LogP contribution < -0.4 is 9.80 Å². The van der Waals surface area contributed by atoms with E-state index in [2.05, 4.69) is 35.1 Å². The van der Waals surface area contributed by atoms with E-state index in [0.29, 0.717) is 12.1 Å². The first kappa shape index (κ1) is 14.6. The molecule has 0 N–H and O–H groups in total. The van der Waals surface area contributed by atoms with E-state index in [1.54, 1.807) is 17.2 Å². The summed E-state index contributed by atoms with van der Waals surface area (Å²) in [6.07, 6.45) is 9.91. The lowest BCUT2D eigenvalue weighted by Crippen LogP contribution is -2.46. The van der Waals surface area contributed by atoms with E-state index < -0.39 is 0 Å². The van der Waals surface area contributed by atoms with Gasteiger partial charge in [-0.1, -0.05) is 0 Å². The summed E-state index contributed by atoms with van der Waals surface area (Å²) in [6.45, 7) is 2.00. The zero-order valence-electron chi connectivity index (χ0n) is 13.9. The van der Waals surface area contributed by atoms with Crippen LogP contribution in [-0.4, -0.2) is 55.0 Å². The fraction of sp³-hybridized carbons (Fsp3) is 0.471. The van der Waals surface area contributed by atoms with Crippen LogP contribution in [0.2, 0.25) is 0 Å². The highest BCUT2D eigenvalue weighted by Gasteiger charge is 2.36. The normalized spacial score (nSPS) is 18.6. The molecule has 0 aromatic carbocycles. The Bertz CT molecular complexity index is 851. The van der Waals surface area contributed by atoms with E-state index in [9.17, 15) is 0 Å². The maximum atomic E-state index is 4.62. The number of hydrogen-bond acceptors (Lipinski definition) is 7. The van der Waals surface area contributed by atoms with Gasteiger partial charge in [0.15, 0.2) is 5.65 Å². The van der Waals surface area contributed by atoms with E-state index in [0.717, 1.165) is 43.2 Å². The Morgan fingerprint density at radius 2 is 1.84 bits per heavy atom. The van der Waals surface area contributed by atoms with E-state index in [1.807, 2.05) is 24.4 Å². The first-order chi connectivity index (χ1) is 12.4. The molecule has 4 heterocycles. The van der Waals surface area contributed by atoms with E-state index in [4.69, 9.17) is 0 Å². The van der Waals surface area contributed by atoms with Gasteiger partial charge in [0, 0.05) is 31.4 Å². The highest BCUT2D eigenvalue weighted by atomic mass is 15.4. The van der Waals surface area contributed by atoms with Crippen LogP contribution >= 0.6 is 0 Å². The summed E-state index contributed by atoms with van der Waals surface area (Å²) in [7, 11) is 0. The van der Waals surface area contributed by atoms with Gasteiger partial charge < -0.3 is 9.80 Å². The van der Waals surface area contributed by atoms with Crippen molar-refractivity contribution in [1.82, 2.24) is 29.8 Å². The Kier molecular flexibility index (Phi) is 3.46. The minimum absolute atomic E-state index is 0.539. The van der Waals surface area contributed by atoms with Gasteiger partial charge in [-0.15, -0.1) is 15.3 Å². The Morgan fingerprint density at radius 3 is 2.60 bits per heavy atom. The molecule has 128 valence electrons. The summed E-state index contributed by atoms with van der Waals surface area (Å²) in [5.74, 6) is 2.06. The number of aromatic nitrogens is 6. The summed E-state index contributed by atoms with van der Waals surface area (Å²) in [4.78, 5) is 13.4. The van der Waals surface area contributed by atoms with Gasteiger partial charge in [0.25, 0.3) is 0 Å². The molecule has 2 aliphatic rings. The molecule has 0 amide bonds. The minimum Gasteiger partial charge on any atom is -0.355 e. The second-order valence-corrected chi connectivity index (χ2v) is 6.75. The van der Waals surface area contributed by atoms with E-state index >= 15 is 0 Å². The topological polar surface area (TPSA) is 75.3 Å². The molecule has 25 heavy (non-hydrogen) atoms. The molecular weight excluding hydrogens is 316 g/mol. The predicted octanol–water partition coefficient (Wildman–Crippen LogP) is 1.55. The van der Waals surface area contributed by atoms with Crippen molar-refractivity contribution >= 4 is 17.3 Å². The molecule has 0 radical (unpaired) electrons. The van der Waals surface area contributed by atoms with Gasteiger partial charge in [0.2, 0.25) is 0 Å². The Balaban J connectivity index is 1.31. The van der Waals surface area contributed by atoms with Crippen molar-refractivity contribution < 1.29 is 0 Å². The molecule has 1 aliphatic heterocycles. The smallest absolute Gasteiger partial charge is 0.177 e. The van der Waals surface area contributed by atoms with Crippen LogP contribution in [0.25, 0.3) is 5.65 Å². The molecular formula is C17H20N8. The molecule has 1 aliphatic carbocycles. The standard InChI is InChI=1S/C17H20N8/c1-2-13(1)25(15-5-8-18-11-19-15)14-6-9-23(10-7-14)17-4-3-16-21-20-12-24(16)22-17/h3-5,8,11-14H,1-2,6-7,9-10H2. The lowest BCUT2D eigenvalue weighted by molar-refractivity contribution is 0.456. The fourth-order valence-corrected chi connectivity index (χ4v) is 3.72. The summed E-state index contributed by atoms with van der Waals surface area (Å²) < 4.78 is 1.73. The second-order valence-electron chi connectivity index (χ2n) is 6.75. The van der Waals surface area contributed by atoms with Crippen molar-refractivity contribution in [2.45, 2.75) is 37.8 Å². The SMILES string of the molecule is c1cc(N(C2CC2)C2CCN(c3ccc4nncn4n3)CC2)ncn1. The predicted molar refractivity (Wildman–Crippen MR) is 93.6 cm³/mol. The number of rotatable bonds is 4. The van der Waals surface area contributed by atoms with Crippen molar-refractivity contribution in [1.29, 1.82) is 0 Å². The van der Waals surface area contributed by atoms with Crippen LogP contribution in [0, 0.1) is 0 Å². The Labute approximate surface area is 145 Å². The van der Waals surface area contributed by atoms with Crippen LogP contribution in [-0.2, 0) is 0 Å². The lowest BCUT2D eigenvalue weighted by Gasteiger charge is -2.39. The monoisotopic (exact) mass is 336 g/mol. The fourth-order valence-electron chi connectivity index (χ4n) is 3.72. The summed E-state index contributed by atoms with van der Waals surface area (Å²) in [5, 5.41) is 12.5. The Hall–Kier alpha value is -2.77. The van der Waals surface area contributed by atoms with Gasteiger partial charge in [-0.3, -0.25) is 0 Å². The molecule has 0 atom stereocenters. The van der Waals surface area contributed by atoms with Gasteiger partial charge in [0.1, 0.15) is 24.3 Å². The van der Waals surface area contributed by atoms with Crippen LogP contribution in [0.1, 0.15) is 25.7 Å². The summed E-state index contributed by atoms with van der Waals surface area (Å²) in [6, 6.07) is 7.23. The minimum atomic E-state index is 0.539. The highest BCUT2D eigenvalue weighted by molar-refractivity contribution is 5.46. The molecule has 1 saturated heterocycles. The van der Waals surface area contributed by atoms with Gasteiger partial charge in [-0.25, -0.2) is 9.97 Å². The van der Waals surface area contributed by atoms with Crippen LogP contribution in [0.3, 0.4) is 0 Å². The second kappa shape index (κ2) is 5.94. The molecule has 2 fully saturated rings. The maximum absolute atomic E-state index is 4.62. The van der Waals surface area contributed by atoms with Crippen molar-refractivity contribution in [3.63, 3.8) is 0 Å². The van der Waals surface area contributed by atoms with Crippen molar-refractivity contribution in [2.75, 3.05) is 22.9 Å². The summed E-state index contributed by atoms with van der Waals surface area (Å²) >= 11 is 0. The highest BCUT2D eigenvalue weighted by Crippen LogP contribution is 2.35. The first-order valence-electron chi connectivity index (χ1n) is 8.85. The number of piperidine rings is 1. The average Bonchev–Trinajstić information content (AvgIpc) is 3.39. The lowest BCUT2D eigenvalue weighted by atomic mass is 10.0. The van der Waals surface area contributed by atoms with Crippen molar-refractivity contribution in [3.8, 4) is 0 Å². The molecule has 8 heteroatoms. The number of hydrogen-bond donors (Lipinski definition) is 0.